The van der Waals surface area contributed by atoms with Crippen molar-refractivity contribution < 1.29 is 13.6 Å². The van der Waals surface area contributed by atoms with Gasteiger partial charge in [-0.05, 0) is 67.6 Å². The number of thioether (sulfide) groups is 1. The highest BCUT2D eigenvalue weighted by Gasteiger charge is 2.17. The first-order valence-electron chi connectivity index (χ1n) is 7.57. The molecule has 0 fully saturated rings. The first-order valence-corrected chi connectivity index (χ1v) is 8.45. The highest BCUT2D eigenvalue weighted by atomic mass is 32.2. The Bertz CT molecular complexity index is 748. The highest BCUT2D eigenvalue weighted by molar-refractivity contribution is 8.00. The minimum absolute atomic E-state index is 0.155. The van der Waals surface area contributed by atoms with Gasteiger partial charge in [0.2, 0.25) is 5.91 Å². The van der Waals surface area contributed by atoms with Gasteiger partial charge in [0.1, 0.15) is 0 Å². The maximum atomic E-state index is 13.2. The van der Waals surface area contributed by atoms with E-state index in [0.717, 1.165) is 37.1 Å². The number of aryl methyl sites for hydroxylation is 2. The molecular formula is C18H17F2NOS. The highest BCUT2D eigenvalue weighted by Crippen LogP contribution is 2.27. The third-order valence-corrected chi connectivity index (χ3v) is 5.03. The molecule has 0 saturated carbocycles. The predicted octanol–water partition coefficient (Wildman–Crippen LogP) is 4.57. The normalized spacial score (nSPS) is 14.4. The molecular weight excluding hydrogens is 316 g/mol. The Labute approximate surface area is 138 Å². The van der Waals surface area contributed by atoms with Crippen LogP contribution in [0.2, 0.25) is 0 Å². The van der Waals surface area contributed by atoms with Crippen molar-refractivity contribution in [2.24, 2.45) is 0 Å². The Balaban J connectivity index is 1.64. The summed E-state index contributed by atoms with van der Waals surface area (Å²) in [4.78, 5) is 12.8. The SMILES string of the molecule is C[C@H](Sc1ccc(F)c(F)c1)C(=O)Nc1ccc2c(c1)CCC2. The number of fused-ring (bicyclic) bond motifs is 1. The molecule has 0 unspecified atom stereocenters. The van der Waals surface area contributed by atoms with Crippen molar-refractivity contribution >= 4 is 23.4 Å². The van der Waals surface area contributed by atoms with E-state index < -0.39 is 16.9 Å². The molecule has 120 valence electrons. The standard InChI is InChI=1S/C18H17F2NOS/c1-11(23-15-7-8-16(19)17(20)10-15)18(22)21-14-6-5-12-3-2-4-13(12)9-14/h5-11H,2-4H2,1H3,(H,21,22)/t11-/m0/s1. The van der Waals surface area contributed by atoms with Gasteiger partial charge in [-0.1, -0.05) is 6.07 Å². The molecule has 0 aromatic heterocycles. The summed E-state index contributed by atoms with van der Waals surface area (Å²) in [6, 6.07) is 9.65. The molecule has 1 aliphatic rings. The third kappa shape index (κ3) is 3.72. The molecule has 0 bridgehead atoms. The number of rotatable bonds is 4. The Morgan fingerprint density at radius 1 is 1.09 bits per heavy atom. The van der Waals surface area contributed by atoms with Gasteiger partial charge in [0.15, 0.2) is 11.6 Å². The summed E-state index contributed by atoms with van der Waals surface area (Å²) in [5.41, 5.74) is 3.43. The van der Waals surface area contributed by atoms with Crippen LogP contribution in [0.5, 0.6) is 0 Å². The first kappa shape index (κ1) is 16.0. The number of carbonyl (C=O) groups is 1. The second kappa shape index (κ2) is 6.71. The number of halogens is 2. The lowest BCUT2D eigenvalue weighted by molar-refractivity contribution is -0.115. The van der Waals surface area contributed by atoms with Crippen molar-refractivity contribution in [1.29, 1.82) is 0 Å². The molecule has 1 atom stereocenters. The van der Waals surface area contributed by atoms with Crippen LogP contribution in [0.15, 0.2) is 41.3 Å². The molecule has 1 aliphatic carbocycles. The number of hydrogen-bond donors (Lipinski definition) is 1. The molecule has 1 amide bonds. The number of amides is 1. The molecule has 0 heterocycles. The Hall–Kier alpha value is -1.88. The topological polar surface area (TPSA) is 29.1 Å². The second-order valence-electron chi connectivity index (χ2n) is 5.66. The minimum atomic E-state index is -0.902. The number of benzene rings is 2. The lowest BCUT2D eigenvalue weighted by Gasteiger charge is -2.13. The quantitative estimate of drug-likeness (QED) is 0.830. The Morgan fingerprint density at radius 2 is 1.87 bits per heavy atom. The van der Waals surface area contributed by atoms with Crippen LogP contribution in [0.4, 0.5) is 14.5 Å². The van der Waals surface area contributed by atoms with Crippen LogP contribution in [-0.2, 0) is 17.6 Å². The summed E-state index contributed by atoms with van der Waals surface area (Å²) in [6.45, 7) is 1.74. The van der Waals surface area contributed by atoms with E-state index in [2.05, 4.69) is 11.4 Å². The number of hydrogen-bond acceptors (Lipinski definition) is 2. The zero-order valence-electron chi connectivity index (χ0n) is 12.7. The molecule has 0 aliphatic heterocycles. The second-order valence-corrected chi connectivity index (χ2v) is 7.08. The lowest BCUT2D eigenvalue weighted by Crippen LogP contribution is -2.22. The van der Waals surface area contributed by atoms with Gasteiger partial charge in [0, 0.05) is 10.6 Å². The van der Waals surface area contributed by atoms with Crippen molar-refractivity contribution in [3.63, 3.8) is 0 Å². The first-order chi connectivity index (χ1) is 11.0. The molecule has 3 rings (SSSR count). The number of nitrogens with one attached hydrogen (secondary N) is 1. The van der Waals surface area contributed by atoms with Gasteiger partial charge in [0.25, 0.3) is 0 Å². The van der Waals surface area contributed by atoms with Gasteiger partial charge in [0.05, 0.1) is 5.25 Å². The average molecular weight is 333 g/mol. The van der Waals surface area contributed by atoms with Gasteiger partial charge in [-0.15, -0.1) is 11.8 Å². The van der Waals surface area contributed by atoms with Gasteiger partial charge < -0.3 is 5.32 Å². The van der Waals surface area contributed by atoms with Crippen molar-refractivity contribution in [3.8, 4) is 0 Å². The predicted molar refractivity (Wildman–Crippen MR) is 88.8 cm³/mol. The van der Waals surface area contributed by atoms with Crippen LogP contribution < -0.4 is 5.32 Å². The van der Waals surface area contributed by atoms with Crippen molar-refractivity contribution in [2.75, 3.05) is 5.32 Å². The molecule has 2 nitrogen and oxygen atoms in total. The molecule has 23 heavy (non-hydrogen) atoms. The molecule has 2 aromatic carbocycles. The van der Waals surface area contributed by atoms with E-state index in [4.69, 9.17) is 0 Å². The molecule has 5 heteroatoms. The average Bonchev–Trinajstić information content (AvgIpc) is 2.98. The van der Waals surface area contributed by atoms with Gasteiger partial charge in [-0.25, -0.2) is 8.78 Å². The fraction of sp³-hybridized carbons (Fsp3) is 0.278. The minimum Gasteiger partial charge on any atom is -0.325 e. The summed E-state index contributed by atoms with van der Waals surface area (Å²) in [7, 11) is 0. The Kier molecular flexibility index (Phi) is 4.66. The zero-order valence-corrected chi connectivity index (χ0v) is 13.6. The maximum Gasteiger partial charge on any atom is 0.237 e. The van der Waals surface area contributed by atoms with Crippen LogP contribution in [-0.4, -0.2) is 11.2 Å². The van der Waals surface area contributed by atoms with E-state index in [0.29, 0.717) is 4.90 Å². The molecule has 0 saturated heterocycles. The van der Waals surface area contributed by atoms with Gasteiger partial charge in [-0.3, -0.25) is 4.79 Å². The molecule has 0 spiro atoms. The van der Waals surface area contributed by atoms with E-state index in [-0.39, 0.29) is 5.91 Å². The summed E-state index contributed by atoms with van der Waals surface area (Å²) < 4.78 is 26.1. The molecule has 0 radical (unpaired) electrons. The summed E-state index contributed by atoms with van der Waals surface area (Å²) in [5.74, 6) is -1.94. The monoisotopic (exact) mass is 333 g/mol. The summed E-state index contributed by atoms with van der Waals surface area (Å²) in [5, 5.41) is 2.48. The smallest absolute Gasteiger partial charge is 0.237 e. The van der Waals surface area contributed by atoms with Crippen LogP contribution in [0.25, 0.3) is 0 Å². The van der Waals surface area contributed by atoms with Crippen LogP contribution in [0, 0.1) is 11.6 Å². The third-order valence-electron chi connectivity index (χ3n) is 3.94. The van der Waals surface area contributed by atoms with E-state index in [1.807, 2.05) is 12.1 Å². The van der Waals surface area contributed by atoms with Gasteiger partial charge in [-0.2, -0.15) is 0 Å². The summed E-state index contributed by atoms with van der Waals surface area (Å²) in [6.07, 6.45) is 3.32. The van der Waals surface area contributed by atoms with E-state index >= 15 is 0 Å². The van der Waals surface area contributed by atoms with Crippen LogP contribution in [0.3, 0.4) is 0 Å². The fourth-order valence-electron chi connectivity index (χ4n) is 2.70. The van der Waals surface area contributed by atoms with E-state index in [1.54, 1.807) is 6.92 Å². The Morgan fingerprint density at radius 3 is 2.65 bits per heavy atom. The summed E-state index contributed by atoms with van der Waals surface area (Å²) >= 11 is 1.20. The van der Waals surface area contributed by atoms with Crippen LogP contribution in [0.1, 0.15) is 24.5 Å². The lowest BCUT2D eigenvalue weighted by atomic mass is 10.1. The number of anilines is 1. The van der Waals surface area contributed by atoms with E-state index in [9.17, 15) is 13.6 Å². The van der Waals surface area contributed by atoms with Crippen molar-refractivity contribution in [1.82, 2.24) is 0 Å². The van der Waals surface area contributed by atoms with Crippen LogP contribution >= 0.6 is 11.8 Å². The van der Waals surface area contributed by atoms with Crippen molar-refractivity contribution in [2.45, 2.75) is 36.3 Å². The van der Waals surface area contributed by atoms with Crippen molar-refractivity contribution in [3.05, 3.63) is 59.2 Å². The number of carbonyl (C=O) groups excluding carboxylic acids is 1. The largest absolute Gasteiger partial charge is 0.325 e. The van der Waals surface area contributed by atoms with E-state index in [1.165, 1.54) is 29.0 Å². The molecule has 1 N–H and O–H groups in total. The van der Waals surface area contributed by atoms with Gasteiger partial charge >= 0.3 is 0 Å². The molecule has 2 aromatic rings. The maximum absolute atomic E-state index is 13.2. The fourth-order valence-corrected chi connectivity index (χ4v) is 3.59. The zero-order chi connectivity index (χ0) is 16.4.